The number of nitrogens with two attached hydrogens (primary N) is 1. The second-order valence-electron chi connectivity index (χ2n) is 2.06. The average molecular weight is 262 g/mol. The first kappa shape index (κ1) is 14.4. The Morgan fingerprint density at radius 2 is 2.08 bits per heavy atom. The van der Waals surface area contributed by atoms with Crippen LogP contribution in [0.4, 0.5) is 8.78 Å². The Balaban J connectivity index is 0. The normalized spacial score (nSPS) is 11.3. The average Bonchev–Trinajstić information content (AvgIpc) is 1.86. The van der Waals surface area contributed by atoms with Gasteiger partial charge in [0.05, 0.1) is 13.6 Å². The summed E-state index contributed by atoms with van der Waals surface area (Å²) in [5, 5.41) is 0.331. The van der Waals surface area contributed by atoms with Crippen LogP contribution in [0.5, 0.6) is 0 Å². The van der Waals surface area contributed by atoms with Gasteiger partial charge in [-0.3, -0.25) is 10.3 Å². The van der Waals surface area contributed by atoms with Crippen molar-refractivity contribution in [1.29, 1.82) is 0 Å². The van der Waals surface area contributed by atoms with Crippen molar-refractivity contribution in [1.82, 2.24) is 0 Å². The third kappa shape index (κ3) is 8.00. The molecule has 0 aliphatic carbocycles. The summed E-state index contributed by atoms with van der Waals surface area (Å²) in [5.41, 5.74) is 5.25. The molecule has 0 aromatic heterocycles. The lowest BCUT2D eigenvalue weighted by molar-refractivity contribution is -0.494. The quantitative estimate of drug-likeness (QED) is 0.344. The zero-order valence-corrected chi connectivity index (χ0v) is 9.24. The van der Waals surface area contributed by atoms with Crippen molar-refractivity contribution in [2.75, 3.05) is 13.6 Å². The number of amidine groups is 1. The van der Waals surface area contributed by atoms with Crippen molar-refractivity contribution in [3.63, 3.8) is 0 Å². The standard InChI is InChI=1S/C6H10F2N2S.BrH/c1-10(6(9)11)4-2-3-5(7)8;/h3H,2,4H2,1H3,(H2,9,11);1H/p+1. The third-order valence-corrected chi connectivity index (χ3v) is 1.50. The molecule has 0 aromatic rings. The molecule has 2 nitrogen and oxygen atoms in total. The molecule has 0 radical (unpaired) electrons. The van der Waals surface area contributed by atoms with Gasteiger partial charge in [0.1, 0.15) is 0 Å². The number of thiol groups is 1. The fraction of sp³-hybridized carbons (Fsp3) is 0.500. The Morgan fingerprint density at radius 1 is 1.58 bits per heavy atom. The molecule has 0 spiro atoms. The van der Waals surface area contributed by atoms with Crippen LogP contribution < -0.4 is 5.73 Å². The number of hydrogen-bond acceptors (Lipinski definition) is 0. The van der Waals surface area contributed by atoms with Gasteiger partial charge in [0.15, 0.2) is 0 Å². The summed E-state index contributed by atoms with van der Waals surface area (Å²) in [6.07, 6.45) is -0.524. The molecule has 0 unspecified atom stereocenters. The van der Waals surface area contributed by atoms with E-state index in [0.717, 1.165) is 6.08 Å². The molecule has 0 fully saturated rings. The van der Waals surface area contributed by atoms with Gasteiger partial charge in [0.25, 0.3) is 6.08 Å². The first-order valence-electron chi connectivity index (χ1n) is 3.07. The first-order chi connectivity index (χ1) is 5.04. The van der Waals surface area contributed by atoms with E-state index in [4.69, 9.17) is 5.73 Å². The highest BCUT2D eigenvalue weighted by Gasteiger charge is 1.96. The fourth-order valence-corrected chi connectivity index (χ4v) is 0.582. The molecule has 0 aromatic carbocycles. The lowest BCUT2D eigenvalue weighted by Crippen LogP contribution is -2.20. The SMILES string of the molecule is Br.C[N+](CCC=C(F)F)=C(N)S. The van der Waals surface area contributed by atoms with E-state index >= 15 is 0 Å². The Morgan fingerprint density at radius 3 is 2.42 bits per heavy atom. The summed E-state index contributed by atoms with van der Waals surface area (Å²) in [5.74, 6) is 0. The summed E-state index contributed by atoms with van der Waals surface area (Å²) in [6, 6.07) is 0. The minimum absolute atomic E-state index is 0. The number of rotatable bonds is 3. The summed E-state index contributed by atoms with van der Waals surface area (Å²) < 4.78 is 24.5. The maximum Gasteiger partial charge on any atom is 0.300 e. The Hall–Kier alpha value is -0.100. The summed E-state index contributed by atoms with van der Waals surface area (Å²) in [4.78, 5) is 0. The van der Waals surface area contributed by atoms with Crippen molar-refractivity contribution in [3.8, 4) is 0 Å². The van der Waals surface area contributed by atoms with E-state index in [1.807, 2.05) is 0 Å². The van der Waals surface area contributed by atoms with E-state index in [9.17, 15) is 8.78 Å². The molecule has 0 saturated heterocycles. The minimum Gasteiger partial charge on any atom is -0.282 e. The summed E-state index contributed by atoms with van der Waals surface area (Å²) >= 11 is 3.83. The number of halogens is 3. The Bertz CT molecular complexity index is 186. The minimum atomic E-state index is -1.66. The molecule has 0 aliphatic rings. The highest BCUT2D eigenvalue weighted by atomic mass is 79.9. The third-order valence-electron chi connectivity index (χ3n) is 1.15. The predicted octanol–water partition coefficient (Wildman–Crippen LogP) is 1.62. The van der Waals surface area contributed by atoms with Gasteiger partial charge in [0, 0.05) is 6.42 Å². The largest absolute Gasteiger partial charge is 0.300 e. The molecule has 0 aliphatic heterocycles. The van der Waals surface area contributed by atoms with E-state index in [1.54, 1.807) is 11.6 Å². The molecule has 0 amide bonds. The van der Waals surface area contributed by atoms with E-state index in [0.29, 0.717) is 11.7 Å². The van der Waals surface area contributed by atoms with Crippen LogP contribution in [0.1, 0.15) is 6.42 Å². The van der Waals surface area contributed by atoms with Gasteiger partial charge < -0.3 is 0 Å². The maximum atomic E-state index is 11.5. The lowest BCUT2D eigenvalue weighted by atomic mass is 10.4. The molecule has 0 bridgehead atoms. The van der Waals surface area contributed by atoms with Crippen molar-refractivity contribution in [3.05, 3.63) is 12.2 Å². The first-order valence-corrected chi connectivity index (χ1v) is 3.52. The second-order valence-corrected chi connectivity index (χ2v) is 2.52. The number of nitrogens with zero attached hydrogens (tertiary/aromatic N) is 1. The maximum absolute atomic E-state index is 11.5. The molecule has 0 rings (SSSR count). The zero-order valence-electron chi connectivity index (χ0n) is 6.63. The van der Waals surface area contributed by atoms with E-state index in [-0.39, 0.29) is 23.4 Å². The lowest BCUT2D eigenvalue weighted by Gasteiger charge is -1.96. The van der Waals surface area contributed by atoms with Gasteiger partial charge in [-0.2, -0.15) is 8.78 Å². The summed E-state index contributed by atoms with van der Waals surface area (Å²) in [7, 11) is 1.69. The Labute approximate surface area is 86.3 Å². The van der Waals surface area contributed by atoms with Gasteiger partial charge in [-0.25, -0.2) is 0 Å². The predicted molar refractivity (Wildman–Crippen MR) is 54.5 cm³/mol. The van der Waals surface area contributed by atoms with Crippen LogP contribution in [0.2, 0.25) is 0 Å². The second kappa shape index (κ2) is 7.54. The highest BCUT2D eigenvalue weighted by molar-refractivity contribution is 8.93. The molecule has 12 heavy (non-hydrogen) atoms. The van der Waals surface area contributed by atoms with Crippen molar-refractivity contribution in [2.45, 2.75) is 6.42 Å². The van der Waals surface area contributed by atoms with Gasteiger partial charge in [-0.05, 0) is 6.08 Å². The molecule has 2 N–H and O–H groups in total. The van der Waals surface area contributed by atoms with Crippen LogP contribution in [0.25, 0.3) is 0 Å². The highest BCUT2D eigenvalue weighted by Crippen LogP contribution is 1.98. The molecule has 72 valence electrons. The molecule has 0 atom stereocenters. The van der Waals surface area contributed by atoms with E-state index in [2.05, 4.69) is 12.6 Å². The molecular weight excluding hydrogens is 250 g/mol. The number of hydrogen-bond donors (Lipinski definition) is 2. The molecular formula is C6H12BrF2N2S+. The van der Waals surface area contributed by atoms with Gasteiger partial charge in [0.2, 0.25) is 0 Å². The van der Waals surface area contributed by atoms with Crippen LogP contribution in [-0.2, 0) is 0 Å². The van der Waals surface area contributed by atoms with Gasteiger partial charge >= 0.3 is 5.17 Å². The topological polar surface area (TPSA) is 29.0 Å². The smallest absolute Gasteiger partial charge is 0.282 e. The van der Waals surface area contributed by atoms with Crippen molar-refractivity contribution < 1.29 is 13.4 Å². The van der Waals surface area contributed by atoms with Crippen LogP contribution >= 0.6 is 29.6 Å². The Kier molecular flexibility index (Phi) is 9.07. The van der Waals surface area contributed by atoms with Gasteiger partial charge in [-0.15, -0.1) is 17.0 Å². The van der Waals surface area contributed by atoms with Crippen LogP contribution in [0, 0.1) is 0 Å². The van der Waals surface area contributed by atoms with E-state index < -0.39 is 6.08 Å². The van der Waals surface area contributed by atoms with Crippen LogP contribution in [0.15, 0.2) is 12.2 Å². The van der Waals surface area contributed by atoms with Crippen molar-refractivity contribution >= 4 is 34.8 Å². The van der Waals surface area contributed by atoms with E-state index in [1.165, 1.54) is 0 Å². The monoisotopic (exact) mass is 261 g/mol. The summed E-state index contributed by atoms with van der Waals surface area (Å²) in [6.45, 7) is 0.451. The van der Waals surface area contributed by atoms with Gasteiger partial charge in [-0.1, -0.05) is 12.6 Å². The molecule has 6 heteroatoms. The van der Waals surface area contributed by atoms with Crippen LogP contribution in [-0.4, -0.2) is 23.3 Å². The van der Waals surface area contributed by atoms with Crippen molar-refractivity contribution in [2.24, 2.45) is 5.73 Å². The van der Waals surface area contributed by atoms with Crippen LogP contribution in [0.3, 0.4) is 0 Å². The zero-order chi connectivity index (χ0) is 8.85. The molecule has 0 heterocycles. The fourth-order valence-electron chi connectivity index (χ4n) is 0.482. The molecule has 0 saturated carbocycles.